The molecule has 3 atom stereocenters. The van der Waals surface area contributed by atoms with Crippen molar-refractivity contribution in [3.8, 4) is 0 Å². The van der Waals surface area contributed by atoms with E-state index in [2.05, 4.69) is 6.92 Å². The quantitative estimate of drug-likeness (QED) is 0.739. The molecule has 3 unspecified atom stereocenters. The van der Waals surface area contributed by atoms with Crippen LogP contribution in [0.2, 0.25) is 0 Å². The summed E-state index contributed by atoms with van der Waals surface area (Å²) >= 11 is 0. The lowest BCUT2D eigenvalue weighted by atomic mass is 9.66. The topological polar surface area (TPSA) is 41.8 Å². The number of aliphatic hydroxyl groups is 1. The number of aliphatic imine (C=N–C) groups is 1. The van der Waals surface area contributed by atoms with Crippen molar-refractivity contribution >= 4 is 5.71 Å². The van der Waals surface area contributed by atoms with E-state index < -0.39 is 0 Å². The standard InChI is InChI=1S/C15H27NO2/c1-2-12-9-13-3-4-15(14(10-12)11-13)16-5-7-18-8-6-17/h12-14,17H,2-11H2,1H3/b16-15-. The molecular formula is C15H27NO2. The second-order valence-corrected chi connectivity index (χ2v) is 5.79. The lowest BCUT2D eigenvalue weighted by molar-refractivity contribution is 0.0976. The summed E-state index contributed by atoms with van der Waals surface area (Å²) in [6.45, 7) is 4.29. The number of nitrogens with zero attached hydrogens (tertiary/aromatic N) is 1. The van der Waals surface area contributed by atoms with Gasteiger partial charge in [-0.2, -0.15) is 0 Å². The smallest absolute Gasteiger partial charge is 0.0698 e. The van der Waals surface area contributed by atoms with E-state index in [0.29, 0.717) is 13.2 Å². The molecule has 0 saturated heterocycles. The van der Waals surface area contributed by atoms with Crippen LogP contribution in [0.5, 0.6) is 0 Å². The first kappa shape index (κ1) is 14.0. The van der Waals surface area contributed by atoms with Gasteiger partial charge in [0, 0.05) is 5.71 Å². The Morgan fingerprint density at radius 1 is 1.28 bits per heavy atom. The normalized spacial score (nSPS) is 33.9. The van der Waals surface area contributed by atoms with Crippen LogP contribution in [0.3, 0.4) is 0 Å². The zero-order valence-electron chi connectivity index (χ0n) is 11.6. The van der Waals surface area contributed by atoms with Gasteiger partial charge in [-0.15, -0.1) is 0 Å². The number of aliphatic hydroxyl groups excluding tert-OH is 1. The molecule has 0 aromatic heterocycles. The van der Waals surface area contributed by atoms with Crippen molar-refractivity contribution in [2.45, 2.75) is 45.4 Å². The average molecular weight is 253 g/mol. The van der Waals surface area contributed by atoms with Crippen LogP contribution < -0.4 is 0 Å². The summed E-state index contributed by atoms with van der Waals surface area (Å²) in [7, 11) is 0. The zero-order valence-corrected chi connectivity index (χ0v) is 11.6. The van der Waals surface area contributed by atoms with Crippen LogP contribution in [-0.4, -0.2) is 37.2 Å². The van der Waals surface area contributed by atoms with Gasteiger partial charge in [-0.3, -0.25) is 4.99 Å². The molecule has 0 radical (unpaired) electrons. The van der Waals surface area contributed by atoms with E-state index in [-0.39, 0.29) is 6.61 Å². The largest absolute Gasteiger partial charge is 0.394 e. The second kappa shape index (κ2) is 7.25. The predicted octanol–water partition coefficient (Wildman–Crippen LogP) is 2.67. The summed E-state index contributed by atoms with van der Waals surface area (Å²) in [4.78, 5) is 4.75. The molecule has 0 heterocycles. The van der Waals surface area contributed by atoms with Gasteiger partial charge in [0.2, 0.25) is 0 Å². The number of fused-ring (bicyclic) bond motifs is 2. The number of hydrogen-bond donors (Lipinski definition) is 1. The van der Waals surface area contributed by atoms with Gasteiger partial charge >= 0.3 is 0 Å². The van der Waals surface area contributed by atoms with E-state index in [1.165, 1.54) is 44.2 Å². The minimum Gasteiger partial charge on any atom is -0.394 e. The minimum atomic E-state index is 0.110. The van der Waals surface area contributed by atoms with Crippen molar-refractivity contribution in [2.75, 3.05) is 26.4 Å². The van der Waals surface area contributed by atoms with Gasteiger partial charge in [0.15, 0.2) is 0 Å². The Bertz CT molecular complexity index is 278. The fraction of sp³-hybridized carbons (Fsp3) is 0.933. The van der Waals surface area contributed by atoms with E-state index in [9.17, 15) is 0 Å². The summed E-state index contributed by atoms with van der Waals surface area (Å²) < 4.78 is 5.26. The molecule has 3 heteroatoms. The second-order valence-electron chi connectivity index (χ2n) is 5.79. The molecule has 0 spiro atoms. The highest BCUT2D eigenvalue weighted by Gasteiger charge is 2.34. The number of rotatable bonds is 6. The SMILES string of the molecule is CCC1CC2CC/C(=N/CCOCCO)C(C1)C2. The van der Waals surface area contributed by atoms with E-state index in [0.717, 1.165) is 24.3 Å². The van der Waals surface area contributed by atoms with Crippen molar-refractivity contribution in [1.82, 2.24) is 0 Å². The average Bonchev–Trinajstić information content (AvgIpc) is 2.40. The summed E-state index contributed by atoms with van der Waals surface area (Å²) in [6.07, 6.45) is 8.10. The van der Waals surface area contributed by atoms with Crippen molar-refractivity contribution in [2.24, 2.45) is 22.7 Å². The zero-order chi connectivity index (χ0) is 12.8. The van der Waals surface area contributed by atoms with E-state index in [1.54, 1.807) is 0 Å². The Kier molecular flexibility index (Phi) is 5.64. The molecule has 2 rings (SSSR count). The molecule has 2 fully saturated rings. The maximum Gasteiger partial charge on any atom is 0.0698 e. The molecule has 2 saturated carbocycles. The first-order valence-electron chi connectivity index (χ1n) is 7.55. The molecule has 0 aromatic carbocycles. The molecule has 0 amide bonds. The Morgan fingerprint density at radius 2 is 2.17 bits per heavy atom. The lowest BCUT2D eigenvalue weighted by Gasteiger charge is -2.39. The predicted molar refractivity (Wildman–Crippen MR) is 74.1 cm³/mol. The fourth-order valence-corrected chi connectivity index (χ4v) is 3.59. The van der Waals surface area contributed by atoms with E-state index in [4.69, 9.17) is 14.8 Å². The monoisotopic (exact) mass is 253 g/mol. The lowest BCUT2D eigenvalue weighted by Crippen LogP contribution is -2.33. The van der Waals surface area contributed by atoms with Gasteiger partial charge in [-0.25, -0.2) is 0 Å². The molecule has 2 bridgehead atoms. The first-order valence-corrected chi connectivity index (χ1v) is 7.55. The molecule has 18 heavy (non-hydrogen) atoms. The fourth-order valence-electron chi connectivity index (χ4n) is 3.59. The minimum absolute atomic E-state index is 0.110. The summed E-state index contributed by atoms with van der Waals surface area (Å²) in [5, 5.41) is 8.63. The van der Waals surface area contributed by atoms with Crippen LogP contribution in [-0.2, 0) is 4.74 Å². The number of hydrogen-bond acceptors (Lipinski definition) is 3. The highest BCUT2D eigenvalue weighted by atomic mass is 16.5. The molecule has 1 N–H and O–H groups in total. The third kappa shape index (κ3) is 3.79. The maximum atomic E-state index is 8.63. The maximum absolute atomic E-state index is 8.63. The van der Waals surface area contributed by atoms with Gasteiger partial charge < -0.3 is 9.84 Å². The summed E-state index contributed by atoms with van der Waals surface area (Å²) in [5.41, 5.74) is 1.46. The molecule has 2 aliphatic rings. The summed E-state index contributed by atoms with van der Waals surface area (Å²) in [6, 6.07) is 0. The van der Waals surface area contributed by atoms with Crippen LogP contribution in [0.1, 0.15) is 45.4 Å². The first-order chi connectivity index (χ1) is 8.83. The Hall–Kier alpha value is -0.410. The van der Waals surface area contributed by atoms with Gasteiger partial charge in [0.05, 0.1) is 26.4 Å². The molecular weight excluding hydrogens is 226 g/mol. The van der Waals surface area contributed by atoms with Crippen molar-refractivity contribution in [1.29, 1.82) is 0 Å². The molecule has 0 aromatic rings. The van der Waals surface area contributed by atoms with Gasteiger partial charge in [-0.1, -0.05) is 13.3 Å². The third-order valence-electron chi connectivity index (χ3n) is 4.55. The molecule has 2 aliphatic carbocycles. The molecule has 0 aliphatic heterocycles. The number of ether oxygens (including phenoxy) is 1. The van der Waals surface area contributed by atoms with Gasteiger partial charge in [-0.05, 0) is 49.9 Å². The summed E-state index contributed by atoms with van der Waals surface area (Å²) in [5.74, 6) is 2.67. The molecule has 104 valence electrons. The van der Waals surface area contributed by atoms with Gasteiger partial charge in [0.25, 0.3) is 0 Å². The highest BCUT2D eigenvalue weighted by Crippen LogP contribution is 2.42. The Balaban J connectivity index is 1.80. The van der Waals surface area contributed by atoms with Crippen molar-refractivity contribution < 1.29 is 9.84 Å². The third-order valence-corrected chi connectivity index (χ3v) is 4.55. The molecule has 3 nitrogen and oxygen atoms in total. The van der Waals surface area contributed by atoms with Crippen molar-refractivity contribution in [3.05, 3.63) is 0 Å². The van der Waals surface area contributed by atoms with Crippen molar-refractivity contribution in [3.63, 3.8) is 0 Å². The Morgan fingerprint density at radius 3 is 2.94 bits per heavy atom. The van der Waals surface area contributed by atoms with Crippen LogP contribution in [0.4, 0.5) is 0 Å². The highest BCUT2D eigenvalue weighted by molar-refractivity contribution is 5.87. The van der Waals surface area contributed by atoms with Crippen LogP contribution in [0.25, 0.3) is 0 Å². The van der Waals surface area contributed by atoms with E-state index >= 15 is 0 Å². The van der Waals surface area contributed by atoms with Crippen LogP contribution >= 0.6 is 0 Å². The van der Waals surface area contributed by atoms with Gasteiger partial charge in [0.1, 0.15) is 0 Å². The Labute approximate surface area is 111 Å². The van der Waals surface area contributed by atoms with Crippen LogP contribution in [0.15, 0.2) is 4.99 Å². The van der Waals surface area contributed by atoms with E-state index in [1.807, 2.05) is 0 Å². The van der Waals surface area contributed by atoms with Crippen LogP contribution in [0, 0.1) is 17.8 Å².